The molecule has 2 heterocycles. The second kappa shape index (κ2) is 8.75. The second-order valence-corrected chi connectivity index (χ2v) is 9.35. The molecule has 2 N–H and O–H groups in total. The molecule has 0 unspecified atom stereocenters. The molecule has 2 fully saturated rings. The highest BCUT2D eigenvalue weighted by Gasteiger charge is 2.31. The number of aliphatic hydroxyl groups excluding tert-OH is 2. The minimum atomic E-state index is -0.305. The number of piperidine rings is 1. The van der Waals surface area contributed by atoms with Gasteiger partial charge < -0.3 is 19.7 Å². The van der Waals surface area contributed by atoms with E-state index in [2.05, 4.69) is 23.3 Å². The van der Waals surface area contributed by atoms with Crippen molar-refractivity contribution in [3.05, 3.63) is 35.3 Å². The predicted octanol–water partition coefficient (Wildman–Crippen LogP) is 4.62. The lowest BCUT2D eigenvalue weighted by molar-refractivity contribution is 0.0880. The number of hydrogen-bond acceptors (Lipinski definition) is 3. The summed E-state index contributed by atoms with van der Waals surface area (Å²) in [7, 11) is 0. The van der Waals surface area contributed by atoms with E-state index < -0.39 is 0 Å². The highest BCUT2D eigenvalue weighted by Crippen LogP contribution is 2.37. The molecule has 0 amide bonds. The maximum absolute atomic E-state index is 13.8. The molecule has 0 bridgehead atoms. The van der Waals surface area contributed by atoms with Gasteiger partial charge in [0, 0.05) is 41.6 Å². The average molecular weight is 403 g/mol. The van der Waals surface area contributed by atoms with Crippen LogP contribution in [0.25, 0.3) is 10.9 Å². The van der Waals surface area contributed by atoms with Gasteiger partial charge in [-0.3, -0.25) is 0 Å². The highest BCUT2D eigenvalue weighted by molar-refractivity contribution is 5.85. The maximum atomic E-state index is 13.8. The smallest absolute Gasteiger partial charge is 0.123 e. The van der Waals surface area contributed by atoms with Crippen molar-refractivity contribution in [2.45, 2.75) is 77.7 Å². The zero-order valence-corrected chi connectivity index (χ0v) is 17.8. The van der Waals surface area contributed by atoms with Gasteiger partial charge in [-0.05, 0) is 68.6 Å². The number of benzene rings is 1. The van der Waals surface area contributed by atoms with Crippen molar-refractivity contribution in [2.75, 3.05) is 13.1 Å². The number of nitrogens with zero attached hydrogens (tertiary/aromatic N) is 2. The van der Waals surface area contributed by atoms with Gasteiger partial charge in [-0.15, -0.1) is 0 Å². The highest BCUT2D eigenvalue weighted by atomic mass is 19.1. The molecule has 1 aromatic carbocycles. The van der Waals surface area contributed by atoms with E-state index in [0.29, 0.717) is 11.6 Å². The van der Waals surface area contributed by atoms with Crippen molar-refractivity contribution < 1.29 is 14.6 Å². The number of rotatable bonds is 5. The van der Waals surface area contributed by atoms with E-state index in [1.165, 1.54) is 37.8 Å². The largest absolute Gasteiger partial charge is 0.392 e. The molecule has 2 aliphatic rings. The van der Waals surface area contributed by atoms with Crippen LogP contribution in [0.5, 0.6) is 0 Å². The Labute approximate surface area is 173 Å². The quantitative estimate of drug-likeness (QED) is 0.767. The predicted molar refractivity (Wildman–Crippen MR) is 114 cm³/mol. The Morgan fingerprint density at radius 3 is 2.24 bits per heavy atom. The minimum absolute atomic E-state index is 0.133. The van der Waals surface area contributed by atoms with Gasteiger partial charge in [-0.25, -0.2) is 4.39 Å². The maximum Gasteiger partial charge on any atom is 0.123 e. The van der Waals surface area contributed by atoms with E-state index in [-0.39, 0.29) is 25.1 Å². The Balaban J connectivity index is 1.50. The van der Waals surface area contributed by atoms with Gasteiger partial charge in [0.25, 0.3) is 0 Å². The summed E-state index contributed by atoms with van der Waals surface area (Å²) in [6.07, 6.45) is 7.40. The zero-order valence-electron chi connectivity index (χ0n) is 17.8. The first kappa shape index (κ1) is 20.8. The van der Waals surface area contributed by atoms with Gasteiger partial charge in [0.15, 0.2) is 0 Å². The summed E-state index contributed by atoms with van der Waals surface area (Å²) in [6.45, 7) is 6.53. The topological polar surface area (TPSA) is 48.6 Å². The third-order valence-corrected chi connectivity index (χ3v) is 7.56. The van der Waals surface area contributed by atoms with Crippen LogP contribution in [0.2, 0.25) is 0 Å². The molecule has 1 saturated carbocycles. The van der Waals surface area contributed by atoms with Gasteiger partial charge >= 0.3 is 0 Å². The van der Waals surface area contributed by atoms with E-state index in [1.54, 1.807) is 6.07 Å². The third kappa shape index (κ3) is 3.97. The summed E-state index contributed by atoms with van der Waals surface area (Å²) in [5, 5.41) is 20.6. The molecule has 4 rings (SSSR count). The second-order valence-electron chi connectivity index (χ2n) is 9.35. The van der Waals surface area contributed by atoms with Gasteiger partial charge in [0.05, 0.1) is 18.9 Å². The Kier molecular flexibility index (Phi) is 6.28. The fourth-order valence-corrected chi connectivity index (χ4v) is 5.81. The van der Waals surface area contributed by atoms with Crippen LogP contribution in [0.1, 0.15) is 69.7 Å². The van der Waals surface area contributed by atoms with E-state index in [4.69, 9.17) is 0 Å². The molecular formula is C24H35FN2O2. The van der Waals surface area contributed by atoms with Crippen LogP contribution in [-0.4, -0.2) is 38.8 Å². The summed E-state index contributed by atoms with van der Waals surface area (Å²) in [5.74, 6) is 1.38. The van der Waals surface area contributed by atoms with Crippen molar-refractivity contribution in [3.63, 3.8) is 0 Å². The number of aliphatic hydroxyl groups is 2. The average Bonchev–Trinajstić information content (AvgIpc) is 3.06. The van der Waals surface area contributed by atoms with E-state index in [9.17, 15) is 14.6 Å². The van der Waals surface area contributed by atoms with Crippen LogP contribution < -0.4 is 0 Å². The Bertz CT molecular complexity index is 831. The summed E-state index contributed by atoms with van der Waals surface area (Å²) in [6, 6.07) is 5.76. The fraction of sp³-hybridized carbons (Fsp3) is 0.667. The summed E-state index contributed by atoms with van der Waals surface area (Å²) in [5.41, 5.74) is 2.33. The number of fused-ring (bicyclic) bond motifs is 1. The minimum Gasteiger partial charge on any atom is -0.392 e. The molecule has 0 spiro atoms. The molecule has 29 heavy (non-hydrogen) atoms. The molecular weight excluding hydrogens is 367 g/mol. The van der Waals surface area contributed by atoms with Crippen LogP contribution in [0.4, 0.5) is 4.39 Å². The van der Waals surface area contributed by atoms with Gasteiger partial charge in [-0.1, -0.05) is 13.8 Å². The van der Waals surface area contributed by atoms with Crippen LogP contribution >= 0.6 is 0 Å². The number of aromatic nitrogens is 1. The Morgan fingerprint density at radius 1 is 0.966 bits per heavy atom. The number of hydrogen-bond donors (Lipinski definition) is 2. The van der Waals surface area contributed by atoms with Crippen molar-refractivity contribution in [1.29, 1.82) is 0 Å². The first-order valence-electron chi connectivity index (χ1n) is 11.3. The van der Waals surface area contributed by atoms with Gasteiger partial charge in [-0.2, -0.15) is 0 Å². The number of likely N-dealkylation sites (tertiary alicyclic amines) is 1. The Morgan fingerprint density at radius 2 is 1.66 bits per heavy atom. The molecule has 5 heteroatoms. The lowest BCUT2D eigenvalue weighted by Gasteiger charge is -2.42. The molecule has 0 atom stereocenters. The van der Waals surface area contributed by atoms with Gasteiger partial charge in [0.2, 0.25) is 0 Å². The molecule has 1 aliphatic carbocycles. The molecule has 0 radical (unpaired) electrons. The molecule has 160 valence electrons. The summed E-state index contributed by atoms with van der Waals surface area (Å²) < 4.78 is 16.0. The lowest BCUT2D eigenvalue weighted by Crippen LogP contribution is -2.44. The first-order valence-corrected chi connectivity index (χ1v) is 11.3. The zero-order chi connectivity index (χ0) is 20.5. The molecule has 4 nitrogen and oxygen atoms in total. The third-order valence-electron chi connectivity index (χ3n) is 7.56. The number of halogens is 1. The van der Waals surface area contributed by atoms with Crippen LogP contribution in [0.3, 0.4) is 0 Å². The molecule has 2 aromatic rings. The SMILES string of the molecule is CC(C)C1CCC(N2CCC(n3c(CO)c(CO)c4cc(F)ccc43)CC2)CC1. The van der Waals surface area contributed by atoms with Crippen LogP contribution in [-0.2, 0) is 13.2 Å². The van der Waals surface area contributed by atoms with E-state index in [1.807, 2.05) is 0 Å². The summed E-state index contributed by atoms with van der Waals surface area (Å²) >= 11 is 0. The molecule has 1 aromatic heterocycles. The fourth-order valence-electron chi connectivity index (χ4n) is 5.81. The molecule has 1 saturated heterocycles. The van der Waals surface area contributed by atoms with E-state index in [0.717, 1.165) is 54.4 Å². The lowest BCUT2D eigenvalue weighted by atomic mass is 9.79. The van der Waals surface area contributed by atoms with Crippen molar-refractivity contribution in [2.24, 2.45) is 11.8 Å². The first-order chi connectivity index (χ1) is 14.0. The van der Waals surface area contributed by atoms with Crippen molar-refractivity contribution in [3.8, 4) is 0 Å². The van der Waals surface area contributed by atoms with Crippen molar-refractivity contribution >= 4 is 10.9 Å². The van der Waals surface area contributed by atoms with Crippen LogP contribution in [0, 0.1) is 17.7 Å². The van der Waals surface area contributed by atoms with Gasteiger partial charge in [0.1, 0.15) is 5.82 Å². The molecule has 1 aliphatic heterocycles. The summed E-state index contributed by atoms with van der Waals surface area (Å²) in [4.78, 5) is 2.67. The Hall–Kier alpha value is -1.43. The monoisotopic (exact) mass is 402 g/mol. The van der Waals surface area contributed by atoms with Crippen LogP contribution in [0.15, 0.2) is 18.2 Å². The standard InChI is InChI=1S/C24H35FN2O2/c1-16(2)17-3-6-19(7-4-17)26-11-9-20(10-12-26)27-23-8-5-18(25)13-21(23)22(14-28)24(27)15-29/h5,8,13,16-17,19-20,28-29H,3-4,6-7,9-12,14-15H2,1-2H3. The normalized spacial score (nSPS) is 24.6. The van der Waals surface area contributed by atoms with Crippen molar-refractivity contribution in [1.82, 2.24) is 9.47 Å². The van der Waals surface area contributed by atoms with E-state index >= 15 is 0 Å².